The number of anilines is 1. The van der Waals surface area contributed by atoms with Crippen molar-refractivity contribution in [2.24, 2.45) is 21.5 Å². The summed E-state index contributed by atoms with van der Waals surface area (Å²) in [4.78, 5) is 10.3. The summed E-state index contributed by atoms with van der Waals surface area (Å²) in [6.45, 7) is 0. The molecule has 2 heterocycles. The molecule has 1 saturated carbocycles. The van der Waals surface area contributed by atoms with Gasteiger partial charge in [0.2, 0.25) is 11.9 Å². The van der Waals surface area contributed by atoms with E-state index in [9.17, 15) is 13.2 Å². The van der Waals surface area contributed by atoms with Gasteiger partial charge < -0.3 is 11.5 Å². The van der Waals surface area contributed by atoms with Gasteiger partial charge in [-0.25, -0.2) is 14.1 Å². The number of hydrogen-bond acceptors (Lipinski definition) is 6. The Morgan fingerprint density at radius 1 is 0.970 bits per heavy atom. The molecular weight excluding hydrogens is 438 g/mol. The summed E-state index contributed by atoms with van der Waals surface area (Å²) in [5.41, 5.74) is 11.4. The Morgan fingerprint density at radius 3 is 2.39 bits per heavy atom. The predicted octanol–water partition coefficient (Wildman–Crippen LogP) is 4.02. The summed E-state index contributed by atoms with van der Waals surface area (Å²) < 4.78 is 57.2. The number of aromatic nitrogens is 2. The Hall–Kier alpha value is -3.11. The Bertz CT molecular complexity index is 1140. The normalized spacial score (nSPS) is 20.4. The first-order valence-electron chi connectivity index (χ1n) is 11.2. The zero-order valence-corrected chi connectivity index (χ0v) is 18.0. The minimum Gasteiger partial charge on any atom is -0.369 e. The minimum atomic E-state index is -4.59. The van der Waals surface area contributed by atoms with Crippen LogP contribution in [0.3, 0.4) is 0 Å². The topological polar surface area (TPSA) is 97.8 Å². The van der Waals surface area contributed by atoms with E-state index in [1.165, 1.54) is 12.1 Å². The summed E-state index contributed by atoms with van der Waals surface area (Å²) in [5.74, 6) is -0.489. The van der Waals surface area contributed by atoms with Crippen LogP contribution in [-0.2, 0) is 19.0 Å². The molecule has 33 heavy (non-hydrogen) atoms. The van der Waals surface area contributed by atoms with Crippen molar-refractivity contribution in [2.75, 3.05) is 4.90 Å². The lowest BCUT2D eigenvalue weighted by Gasteiger charge is -2.45. The maximum absolute atomic E-state index is 15.4. The number of nitrogens with zero attached hydrogens (tertiary/aromatic N) is 5. The van der Waals surface area contributed by atoms with Gasteiger partial charge in [0.1, 0.15) is 11.4 Å². The molecular formula is C22H25F4N7. The third kappa shape index (κ3) is 3.63. The Kier molecular flexibility index (Phi) is 5.09. The lowest BCUT2D eigenvalue weighted by molar-refractivity contribution is -0.142. The summed E-state index contributed by atoms with van der Waals surface area (Å²) in [7, 11) is 0. The number of halogens is 4. The van der Waals surface area contributed by atoms with Crippen LogP contribution < -0.4 is 16.4 Å². The molecule has 0 bridgehead atoms. The first-order chi connectivity index (χ1) is 15.7. The summed E-state index contributed by atoms with van der Waals surface area (Å²) in [6.07, 6.45) is 1.77. The molecule has 176 valence electrons. The van der Waals surface area contributed by atoms with Crippen LogP contribution in [-0.4, -0.2) is 27.4 Å². The molecule has 7 nitrogen and oxygen atoms in total. The van der Waals surface area contributed by atoms with Crippen molar-refractivity contribution < 1.29 is 17.6 Å². The average molecular weight is 463 g/mol. The molecule has 1 aromatic carbocycles. The highest BCUT2D eigenvalue weighted by Gasteiger charge is 2.43. The average Bonchev–Trinajstić information content (AvgIpc) is 3.14. The smallest absolute Gasteiger partial charge is 0.369 e. The molecule has 2 aliphatic carbocycles. The number of rotatable bonds is 2. The Morgan fingerprint density at radius 2 is 1.70 bits per heavy atom. The lowest BCUT2D eigenvalue weighted by atomic mass is 9.87. The maximum Gasteiger partial charge on any atom is 0.435 e. The molecule has 0 atom stereocenters. The summed E-state index contributed by atoms with van der Waals surface area (Å²) in [5, 5.41) is 3.80. The first kappa shape index (κ1) is 21.7. The van der Waals surface area contributed by atoms with Gasteiger partial charge in [-0.1, -0.05) is 6.42 Å². The molecule has 0 amide bonds. The second kappa shape index (κ2) is 7.74. The molecule has 1 fully saturated rings. The summed E-state index contributed by atoms with van der Waals surface area (Å²) >= 11 is 0. The minimum absolute atomic E-state index is 0.0272. The van der Waals surface area contributed by atoms with E-state index in [1.54, 1.807) is 11.0 Å². The zero-order valence-electron chi connectivity index (χ0n) is 18.0. The van der Waals surface area contributed by atoms with Crippen molar-refractivity contribution in [3.63, 3.8) is 0 Å². The van der Waals surface area contributed by atoms with E-state index in [-0.39, 0.29) is 29.6 Å². The van der Waals surface area contributed by atoms with Crippen molar-refractivity contribution >= 4 is 17.6 Å². The number of guanidine groups is 2. The fourth-order valence-corrected chi connectivity index (χ4v) is 5.33. The van der Waals surface area contributed by atoms with Crippen molar-refractivity contribution in [1.82, 2.24) is 9.78 Å². The van der Waals surface area contributed by atoms with Gasteiger partial charge in [-0.15, -0.1) is 0 Å². The van der Waals surface area contributed by atoms with E-state index in [4.69, 9.17) is 11.5 Å². The molecule has 1 spiro atoms. The third-order valence-corrected chi connectivity index (χ3v) is 6.72. The first-order valence-corrected chi connectivity index (χ1v) is 11.2. The molecule has 1 aromatic heterocycles. The summed E-state index contributed by atoms with van der Waals surface area (Å²) in [6, 6.07) is 4.33. The fraction of sp³-hybridized carbons (Fsp3) is 0.500. The van der Waals surface area contributed by atoms with Crippen LogP contribution in [0.15, 0.2) is 28.2 Å². The van der Waals surface area contributed by atoms with Crippen molar-refractivity contribution in [3.8, 4) is 5.69 Å². The molecule has 5 rings (SSSR count). The predicted molar refractivity (Wildman–Crippen MR) is 117 cm³/mol. The van der Waals surface area contributed by atoms with E-state index >= 15 is 4.39 Å². The maximum atomic E-state index is 15.4. The van der Waals surface area contributed by atoms with E-state index < -0.39 is 23.4 Å². The second-order valence-corrected chi connectivity index (χ2v) is 8.84. The second-order valence-electron chi connectivity index (χ2n) is 8.84. The van der Waals surface area contributed by atoms with Gasteiger partial charge in [0.15, 0.2) is 11.5 Å². The van der Waals surface area contributed by atoms with Crippen LogP contribution in [0.4, 0.5) is 23.2 Å². The van der Waals surface area contributed by atoms with Crippen LogP contribution in [0, 0.1) is 5.82 Å². The van der Waals surface area contributed by atoms with Crippen LogP contribution in [0.25, 0.3) is 5.69 Å². The largest absolute Gasteiger partial charge is 0.435 e. The van der Waals surface area contributed by atoms with Crippen molar-refractivity contribution in [3.05, 3.63) is 41.0 Å². The molecule has 2 aromatic rings. The van der Waals surface area contributed by atoms with Gasteiger partial charge in [0, 0.05) is 16.9 Å². The van der Waals surface area contributed by atoms with Crippen LogP contribution in [0.2, 0.25) is 0 Å². The molecule has 1 aliphatic heterocycles. The number of hydrogen-bond donors (Lipinski definition) is 2. The zero-order chi connectivity index (χ0) is 23.4. The van der Waals surface area contributed by atoms with Gasteiger partial charge in [-0.05, 0) is 69.6 Å². The van der Waals surface area contributed by atoms with Gasteiger partial charge in [-0.3, -0.25) is 4.90 Å². The van der Waals surface area contributed by atoms with Gasteiger partial charge in [0.25, 0.3) is 0 Å². The number of nitrogens with two attached hydrogens (primary N) is 2. The van der Waals surface area contributed by atoms with E-state index in [0.29, 0.717) is 37.1 Å². The van der Waals surface area contributed by atoms with Crippen molar-refractivity contribution in [1.29, 1.82) is 0 Å². The van der Waals surface area contributed by atoms with Gasteiger partial charge in [0.05, 0.1) is 0 Å². The van der Waals surface area contributed by atoms with Crippen LogP contribution in [0.1, 0.15) is 61.9 Å². The molecule has 3 aliphatic rings. The van der Waals surface area contributed by atoms with E-state index in [0.717, 1.165) is 30.4 Å². The quantitative estimate of drug-likeness (QED) is 0.658. The SMILES string of the molecule is NC1=NC2(CCCCC2)N(c2ccc(-n3nc(C(F)(F)F)c4c3CCCC4)c(F)c2)C(N)=N1. The third-order valence-electron chi connectivity index (χ3n) is 6.72. The molecule has 0 saturated heterocycles. The van der Waals surface area contributed by atoms with Gasteiger partial charge in [-0.2, -0.15) is 23.3 Å². The lowest BCUT2D eigenvalue weighted by Crippen LogP contribution is -2.58. The fourth-order valence-electron chi connectivity index (χ4n) is 5.33. The highest BCUT2D eigenvalue weighted by atomic mass is 19.4. The molecule has 0 radical (unpaired) electrons. The van der Waals surface area contributed by atoms with Crippen LogP contribution >= 0.6 is 0 Å². The van der Waals surface area contributed by atoms with Gasteiger partial charge >= 0.3 is 6.18 Å². The highest BCUT2D eigenvalue weighted by molar-refractivity contribution is 6.05. The Labute approximate surface area is 188 Å². The number of fused-ring (bicyclic) bond motifs is 1. The molecule has 4 N–H and O–H groups in total. The number of aliphatic imine (C=N–C) groups is 2. The van der Waals surface area contributed by atoms with E-state index in [1.807, 2.05) is 0 Å². The van der Waals surface area contributed by atoms with Crippen molar-refractivity contribution in [2.45, 2.75) is 69.6 Å². The molecule has 11 heteroatoms. The number of benzene rings is 1. The standard InChI is InChI=1S/C22H25F4N7/c23-15-12-13(32-20(28)29-19(27)30-21(32)10-4-1-5-11-21)8-9-17(15)33-16-7-3-2-6-14(16)18(31-33)22(24,25)26/h8-9,12H,1-7,10-11H2,(H4,27,28,29,30). The van der Waals surface area contributed by atoms with E-state index in [2.05, 4.69) is 15.1 Å². The highest BCUT2D eigenvalue weighted by Crippen LogP contribution is 2.41. The monoisotopic (exact) mass is 463 g/mol. The molecule has 0 unspecified atom stereocenters. The Balaban J connectivity index is 1.58. The van der Waals surface area contributed by atoms with Crippen LogP contribution in [0.5, 0.6) is 0 Å². The number of alkyl halides is 3.